The molecule has 0 saturated heterocycles. The summed E-state index contributed by atoms with van der Waals surface area (Å²) in [6.45, 7) is 0. The number of hydrogen-bond donors (Lipinski definition) is 2. The van der Waals surface area contributed by atoms with Crippen LogP contribution >= 0.6 is 11.6 Å². The highest BCUT2D eigenvalue weighted by Crippen LogP contribution is 2.54. The third-order valence-corrected chi connectivity index (χ3v) is 6.49. The van der Waals surface area contributed by atoms with Crippen molar-refractivity contribution < 1.29 is 10.2 Å². The second-order valence-corrected chi connectivity index (χ2v) is 7.86. The van der Waals surface area contributed by atoms with Crippen molar-refractivity contribution in [1.29, 1.82) is 0 Å². The SMILES string of the molecule is Oc1ccc2c(c1)CCC1C(C#CCl)C(O)CCC21Cc1ccccc1. The van der Waals surface area contributed by atoms with Gasteiger partial charge in [-0.3, -0.25) is 0 Å². The normalized spacial score (nSPS) is 29.8. The monoisotopic (exact) mass is 366 g/mol. The number of aliphatic hydroxyl groups is 1. The Morgan fingerprint density at radius 2 is 1.92 bits per heavy atom. The third-order valence-electron chi connectivity index (χ3n) is 6.38. The van der Waals surface area contributed by atoms with Crippen LogP contribution in [0.5, 0.6) is 5.75 Å². The van der Waals surface area contributed by atoms with E-state index >= 15 is 0 Å². The zero-order valence-electron chi connectivity index (χ0n) is 14.7. The number of phenolic OH excluding ortho intramolecular Hbond substituents is 1. The number of phenols is 1. The summed E-state index contributed by atoms with van der Waals surface area (Å²) in [6.07, 6.45) is 4.00. The van der Waals surface area contributed by atoms with Gasteiger partial charge in [0.2, 0.25) is 0 Å². The molecule has 134 valence electrons. The van der Waals surface area contributed by atoms with Gasteiger partial charge in [-0.15, -0.1) is 0 Å². The van der Waals surface area contributed by atoms with E-state index in [1.807, 2.05) is 12.1 Å². The van der Waals surface area contributed by atoms with Gasteiger partial charge in [-0.25, -0.2) is 0 Å². The Morgan fingerprint density at radius 1 is 1.12 bits per heavy atom. The molecule has 0 bridgehead atoms. The molecule has 0 spiro atoms. The molecule has 0 heterocycles. The molecule has 2 aliphatic rings. The highest BCUT2D eigenvalue weighted by atomic mass is 35.5. The third kappa shape index (κ3) is 2.90. The van der Waals surface area contributed by atoms with Gasteiger partial charge >= 0.3 is 0 Å². The van der Waals surface area contributed by atoms with Crippen LogP contribution in [0.1, 0.15) is 36.0 Å². The molecule has 2 aromatic rings. The van der Waals surface area contributed by atoms with E-state index in [9.17, 15) is 10.2 Å². The molecule has 0 aliphatic heterocycles. The van der Waals surface area contributed by atoms with Crippen molar-refractivity contribution in [2.45, 2.75) is 43.6 Å². The minimum Gasteiger partial charge on any atom is -0.508 e. The second-order valence-electron chi connectivity index (χ2n) is 7.68. The van der Waals surface area contributed by atoms with E-state index in [0.717, 1.165) is 32.1 Å². The molecule has 1 fully saturated rings. The van der Waals surface area contributed by atoms with Gasteiger partial charge in [0.1, 0.15) is 5.75 Å². The summed E-state index contributed by atoms with van der Waals surface area (Å²) < 4.78 is 0. The second kappa shape index (κ2) is 6.99. The molecular weight excluding hydrogens is 344 g/mol. The zero-order valence-corrected chi connectivity index (χ0v) is 15.4. The lowest BCUT2D eigenvalue weighted by Gasteiger charge is -2.52. The van der Waals surface area contributed by atoms with Gasteiger partial charge < -0.3 is 10.2 Å². The minimum absolute atomic E-state index is 0.0761. The van der Waals surface area contributed by atoms with Gasteiger partial charge in [0.25, 0.3) is 0 Å². The van der Waals surface area contributed by atoms with Gasteiger partial charge in [-0.2, -0.15) is 0 Å². The Kier molecular flexibility index (Phi) is 4.69. The van der Waals surface area contributed by atoms with Crippen LogP contribution in [0.2, 0.25) is 0 Å². The average molecular weight is 367 g/mol. The lowest BCUT2D eigenvalue weighted by Crippen LogP contribution is -2.51. The molecule has 2 aliphatic carbocycles. The van der Waals surface area contributed by atoms with E-state index in [-0.39, 0.29) is 17.3 Å². The molecule has 2 nitrogen and oxygen atoms in total. The molecule has 0 aromatic heterocycles. The van der Waals surface area contributed by atoms with Gasteiger partial charge in [-0.05, 0) is 78.4 Å². The Hall–Kier alpha value is -1.95. The summed E-state index contributed by atoms with van der Waals surface area (Å²) in [4.78, 5) is 0. The molecule has 4 rings (SSSR count). The van der Waals surface area contributed by atoms with Crippen LogP contribution in [0.4, 0.5) is 0 Å². The van der Waals surface area contributed by atoms with Crippen LogP contribution in [-0.4, -0.2) is 16.3 Å². The van der Waals surface area contributed by atoms with Crippen LogP contribution in [0.15, 0.2) is 48.5 Å². The van der Waals surface area contributed by atoms with Crippen LogP contribution in [-0.2, 0) is 18.3 Å². The van der Waals surface area contributed by atoms with Crippen molar-refractivity contribution >= 4 is 11.6 Å². The van der Waals surface area contributed by atoms with Crippen LogP contribution in [0.25, 0.3) is 0 Å². The number of hydrogen-bond acceptors (Lipinski definition) is 2. The minimum atomic E-state index is -0.422. The topological polar surface area (TPSA) is 40.5 Å². The van der Waals surface area contributed by atoms with Gasteiger partial charge in [0.05, 0.1) is 12.0 Å². The van der Waals surface area contributed by atoms with Crippen LogP contribution in [0, 0.1) is 23.1 Å². The summed E-state index contributed by atoms with van der Waals surface area (Å²) in [5, 5.41) is 23.1. The van der Waals surface area contributed by atoms with Gasteiger partial charge in [0, 0.05) is 10.8 Å². The number of halogens is 1. The summed E-state index contributed by atoms with van der Waals surface area (Å²) in [5.41, 5.74) is 3.76. The quantitative estimate of drug-likeness (QED) is 0.773. The predicted octanol–water partition coefficient (Wildman–Crippen LogP) is 4.41. The van der Waals surface area contributed by atoms with E-state index in [4.69, 9.17) is 11.6 Å². The van der Waals surface area contributed by atoms with Crippen molar-refractivity contribution in [3.05, 3.63) is 65.2 Å². The lowest BCUT2D eigenvalue weighted by molar-refractivity contribution is 0.00419. The average Bonchev–Trinajstić information content (AvgIpc) is 2.65. The first-order valence-electron chi connectivity index (χ1n) is 9.29. The summed E-state index contributed by atoms with van der Waals surface area (Å²) in [6, 6.07) is 16.3. The van der Waals surface area contributed by atoms with E-state index in [1.165, 1.54) is 16.7 Å². The fourth-order valence-corrected chi connectivity index (χ4v) is 5.42. The number of rotatable bonds is 2. The molecular formula is C23H23ClO2. The number of aromatic hydroxyl groups is 1. The highest BCUT2D eigenvalue weighted by Gasteiger charge is 2.51. The Balaban J connectivity index is 1.86. The van der Waals surface area contributed by atoms with Crippen molar-refractivity contribution in [1.82, 2.24) is 0 Å². The molecule has 4 atom stereocenters. The molecule has 0 radical (unpaired) electrons. The zero-order chi connectivity index (χ0) is 18.1. The Bertz CT molecular complexity index is 852. The van der Waals surface area contributed by atoms with E-state index < -0.39 is 6.10 Å². The van der Waals surface area contributed by atoms with E-state index in [2.05, 4.69) is 41.6 Å². The maximum atomic E-state index is 10.6. The summed E-state index contributed by atoms with van der Waals surface area (Å²) >= 11 is 5.75. The fourth-order valence-electron chi connectivity index (χ4n) is 5.29. The predicted molar refractivity (Wildman–Crippen MR) is 104 cm³/mol. The van der Waals surface area contributed by atoms with Gasteiger partial charge in [-0.1, -0.05) is 42.3 Å². The Morgan fingerprint density at radius 3 is 2.69 bits per heavy atom. The van der Waals surface area contributed by atoms with Crippen molar-refractivity contribution in [3.8, 4) is 17.0 Å². The maximum Gasteiger partial charge on any atom is 0.115 e. The summed E-state index contributed by atoms with van der Waals surface area (Å²) in [5.74, 6) is 3.58. The molecule has 0 amide bonds. The van der Waals surface area contributed by atoms with E-state index in [0.29, 0.717) is 5.75 Å². The molecule has 26 heavy (non-hydrogen) atoms. The first kappa shape index (κ1) is 17.5. The first-order chi connectivity index (χ1) is 12.6. The number of aliphatic hydroxyl groups excluding tert-OH is 1. The van der Waals surface area contributed by atoms with E-state index in [1.54, 1.807) is 6.07 Å². The first-order valence-corrected chi connectivity index (χ1v) is 9.67. The number of benzene rings is 2. The maximum absolute atomic E-state index is 10.6. The molecule has 2 N–H and O–H groups in total. The van der Waals surface area contributed by atoms with Crippen molar-refractivity contribution in [3.63, 3.8) is 0 Å². The van der Waals surface area contributed by atoms with Crippen LogP contribution < -0.4 is 0 Å². The molecule has 2 aromatic carbocycles. The smallest absolute Gasteiger partial charge is 0.115 e. The Labute approximate surface area is 159 Å². The highest BCUT2D eigenvalue weighted by molar-refractivity contribution is 6.30. The number of fused-ring (bicyclic) bond motifs is 3. The van der Waals surface area contributed by atoms with Crippen molar-refractivity contribution in [2.75, 3.05) is 0 Å². The molecule has 3 heteroatoms. The number of aryl methyl sites for hydroxylation is 1. The standard InChI is InChI=1S/C23H23ClO2/c24-13-11-19-21-8-6-17-14-18(25)7-9-20(17)23(21,12-10-22(19)26)15-16-4-2-1-3-5-16/h1-5,7,9,14,19,21-22,25-26H,6,8,10,12,15H2. The molecule has 4 unspecified atom stereocenters. The summed E-state index contributed by atoms with van der Waals surface area (Å²) in [7, 11) is 0. The largest absolute Gasteiger partial charge is 0.508 e. The molecule has 1 saturated carbocycles. The van der Waals surface area contributed by atoms with Crippen LogP contribution in [0.3, 0.4) is 0 Å². The van der Waals surface area contributed by atoms with Gasteiger partial charge in [0.15, 0.2) is 0 Å². The fraction of sp³-hybridized carbons (Fsp3) is 0.391. The lowest BCUT2D eigenvalue weighted by atomic mass is 9.51. The van der Waals surface area contributed by atoms with Crippen molar-refractivity contribution in [2.24, 2.45) is 11.8 Å².